The third-order valence-corrected chi connectivity index (χ3v) is 7.95. The predicted octanol–water partition coefficient (Wildman–Crippen LogP) is 4.40. The fourth-order valence-corrected chi connectivity index (χ4v) is 5.10. The van der Waals surface area contributed by atoms with E-state index in [4.69, 9.17) is 9.47 Å². The smallest absolute Gasteiger partial charge is 0.309 e. The average molecular weight is 506 g/mol. The molecule has 0 unspecified atom stereocenters. The maximum atomic E-state index is 15.3. The molecule has 1 aromatic rings. The number of epoxide rings is 1. The lowest BCUT2D eigenvalue weighted by molar-refractivity contribution is -0.155. The molecule has 8 heteroatoms. The van der Waals surface area contributed by atoms with Gasteiger partial charge in [0, 0.05) is 18.5 Å². The summed E-state index contributed by atoms with van der Waals surface area (Å²) in [6.07, 6.45) is 1.31. The minimum atomic E-state index is -1.35. The van der Waals surface area contributed by atoms with Crippen molar-refractivity contribution in [1.82, 2.24) is 4.98 Å². The molecule has 0 bridgehead atoms. The molecule has 0 aromatic carbocycles. The Kier molecular flexibility index (Phi) is 9.06. The number of hydrogen-bond donors (Lipinski definition) is 2. The van der Waals surface area contributed by atoms with Crippen LogP contribution >= 0.6 is 0 Å². The molecule has 36 heavy (non-hydrogen) atoms. The van der Waals surface area contributed by atoms with E-state index in [1.54, 1.807) is 38.2 Å². The van der Waals surface area contributed by atoms with Crippen LogP contribution in [0.3, 0.4) is 0 Å². The largest absolute Gasteiger partial charge is 0.455 e. The first-order valence-electron chi connectivity index (χ1n) is 12.9. The molecule has 2 aliphatic rings. The monoisotopic (exact) mass is 505 g/mol. The zero-order chi connectivity index (χ0) is 26.7. The quantitative estimate of drug-likeness (QED) is 0.463. The lowest BCUT2D eigenvalue weighted by Gasteiger charge is -2.35. The summed E-state index contributed by atoms with van der Waals surface area (Å²) in [4.78, 5) is 30.3. The Bertz CT molecular complexity index is 951. The fourth-order valence-electron chi connectivity index (χ4n) is 5.10. The van der Waals surface area contributed by atoms with Gasteiger partial charge in [-0.15, -0.1) is 0 Å². The number of nitrogens with zero attached hydrogens (tertiary/aromatic N) is 1. The van der Waals surface area contributed by atoms with E-state index < -0.39 is 53.5 Å². The number of aliphatic hydroxyl groups is 2. The summed E-state index contributed by atoms with van der Waals surface area (Å²) in [6.45, 7) is 8.84. The van der Waals surface area contributed by atoms with E-state index in [0.29, 0.717) is 25.0 Å². The summed E-state index contributed by atoms with van der Waals surface area (Å²) in [5, 5.41) is 21.8. The Hall–Kier alpha value is -2.16. The molecule has 0 saturated carbocycles. The second-order valence-electron chi connectivity index (χ2n) is 11.1. The van der Waals surface area contributed by atoms with Crippen LogP contribution in [0.2, 0.25) is 0 Å². The van der Waals surface area contributed by atoms with Crippen LogP contribution < -0.4 is 0 Å². The molecule has 0 aliphatic carbocycles. The Morgan fingerprint density at radius 1 is 1.25 bits per heavy atom. The van der Waals surface area contributed by atoms with Gasteiger partial charge >= 0.3 is 5.97 Å². The van der Waals surface area contributed by atoms with Crippen LogP contribution in [0.4, 0.5) is 4.39 Å². The number of esters is 1. The number of Topliss-reactive ketones (excluding diaryl/α,β-unsaturated/α-hetero) is 1. The Morgan fingerprint density at radius 3 is 2.61 bits per heavy atom. The maximum absolute atomic E-state index is 15.3. The number of fused-ring (bicyclic) bond motifs is 1. The Morgan fingerprint density at radius 2 is 1.97 bits per heavy atom. The van der Waals surface area contributed by atoms with Gasteiger partial charge in [-0.25, -0.2) is 4.39 Å². The van der Waals surface area contributed by atoms with Crippen molar-refractivity contribution < 1.29 is 33.7 Å². The number of halogens is 1. The van der Waals surface area contributed by atoms with Gasteiger partial charge in [0.1, 0.15) is 11.6 Å². The van der Waals surface area contributed by atoms with Gasteiger partial charge in [-0.2, -0.15) is 0 Å². The van der Waals surface area contributed by atoms with Crippen molar-refractivity contribution in [2.24, 2.45) is 17.3 Å². The van der Waals surface area contributed by atoms with Gasteiger partial charge in [0.25, 0.3) is 0 Å². The first-order chi connectivity index (χ1) is 16.9. The maximum Gasteiger partial charge on any atom is 0.309 e. The summed E-state index contributed by atoms with van der Waals surface area (Å²) < 4.78 is 26.7. The highest BCUT2D eigenvalue weighted by atomic mass is 19.1. The second-order valence-corrected chi connectivity index (χ2v) is 11.1. The van der Waals surface area contributed by atoms with Crippen LogP contribution in [-0.2, 0) is 19.1 Å². The van der Waals surface area contributed by atoms with Crippen LogP contribution in [0.25, 0.3) is 6.08 Å². The molecule has 200 valence electrons. The van der Waals surface area contributed by atoms with Crippen LogP contribution in [0, 0.1) is 17.3 Å². The first kappa shape index (κ1) is 28.4. The number of pyridine rings is 1. The SMILES string of the molecule is CC[C@H]1C(=O)C(C)(C)[C@@H](O)CC(=O)O[C@H](C(F)=Cc2ccccn2)C[C@H]2O[C@]2(C)CCC[C@H](C)[C@@H]1O. The molecule has 0 radical (unpaired) electrons. The van der Waals surface area contributed by atoms with E-state index in [1.165, 1.54) is 6.08 Å². The number of hydrogen-bond acceptors (Lipinski definition) is 7. The molecule has 2 aliphatic heterocycles. The van der Waals surface area contributed by atoms with Crippen molar-refractivity contribution in [3.05, 3.63) is 35.9 Å². The van der Waals surface area contributed by atoms with E-state index in [-0.39, 0.29) is 24.2 Å². The van der Waals surface area contributed by atoms with Crippen molar-refractivity contribution >= 4 is 17.8 Å². The van der Waals surface area contributed by atoms with Crippen molar-refractivity contribution in [2.45, 2.75) is 103 Å². The summed E-state index contributed by atoms with van der Waals surface area (Å²) >= 11 is 0. The van der Waals surface area contributed by atoms with Gasteiger partial charge in [-0.3, -0.25) is 14.6 Å². The van der Waals surface area contributed by atoms with Gasteiger partial charge in [-0.05, 0) is 50.3 Å². The first-order valence-corrected chi connectivity index (χ1v) is 12.9. The number of aliphatic hydroxyl groups excluding tert-OH is 2. The lowest BCUT2D eigenvalue weighted by atomic mass is 9.71. The molecule has 2 fully saturated rings. The van der Waals surface area contributed by atoms with E-state index in [0.717, 1.165) is 6.42 Å². The summed E-state index contributed by atoms with van der Waals surface area (Å²) in [5.74, 6) is -2.56. The molecule has 1 aromatic heterocycles. The van der Waals surface area contributed by atoms with Crippen LogP contribution in [-0.4, -0.2) is 57.0 Å². The van der Waals surface area contributed by atoms with Crippen LogP contribution in [0.1, 0.15) is 78.8 Å². The minimum Gasteiger partial charge on any atom is -0.455 e. The zero-order valence-electron chi connectivity index (χ0n) is 21.9. The number of carbonyl (C=O) groups excluding carboxylic acids is 2. The van der Waals surface area contributed by atoms with Gasteiger partial charge < -0.3 is 19.7 Å². The molecule has 0 amide bonds. The van der Waals surface area contributed by atoms with Crippen LogP contribution in [0.15, 0.2) is 30.2 Å². The van der Waals surface area contributed by atoms with Gasteiger partial charge in [0.15, 0.2) is 6.10 Å². The highest BCUT2D eigenvalue weighted by molar-refractivity contribution is 5.88. The summed E-state index contributed by atoms with van der Waals surface area (Å²) in [6, 6.07) is 5.10. The predicted molar refractivity (Wildman–Crippen MR) is 133 cm³/mol. The number of carbonyl (C=O) groups is 2. The Labute approximate surface area is 213 Å². The van der Waals surface area contributed by atoms with E-state index in [1.807, 2.05) is 20.8 Å². The van der Waals surface area contributed by atoms with Gasteiger partial charge in [0.05, 0.1) is 41.4 Å². The Balaban J connectivity index is 1.87. The van der Waals surface area contributed by atoms with Crippen molar-refractivity contribution in [3.8, 4) is 0 Å². The molecule has 2 saturated heterocycles. The van der Waals surface area contributed by atoms with Crippen LogP contribution in [0.5, 0.6) is 0 Å². The van der Waals surface area contributed by atoms with E-state index >= 15 is 4.39 Å². The normalized spacial score (nSPS) is 36.6. The molecule has 3 heterocycles. The highest BCUT2D eigenvalue weighted by Crippen LogP contribution is 2.45. The number of ether oxygens (including phenoxy) is 2. The summed E-state index contributed by atoms with van der Waals surface area (Å²) in [7, 11) is 0. The van der Waals surface area contributed by atoms with Crippen molar-refractivity contribution in [1.29, 1.82) is 0 Å². The highest BCUT2D eigenvalue weighted by Gasteiger charge is 2.53. The van der Waals surface area contributed by atoms with Gasteiger partial charge in [0.2, 0.25) is 0 Å². The topological polar surface area (TPSA) is 109 Å². The fraction of sp³-hybridized carbons (Fsp3) is 0.679. The molecular formula is C28H40FNO6. The molecular weight excluding hydrogens is 465 g/mol. The number of cyclic esters (lactones) is 1. The standard InChI is InChI=1S/C28H40FNO6/c1-6-19-25(33)17(2)10-9-12-28(5)23(36-28)15-21(20(29)14-18-11-7-8-13-30-18)35-24(32)16-22(31)27(3,4)26(19)34/h7-8,11,13-14,17,19,21-23,25,31,33H,6,9-10,12,15-16H2,1-5H3/t17-,19+,21-,22-,23+,25-,28+/m0/s1. The molecule has 2 N–H and O–H groups in total. The zero-order valence-corrected chi connectivity index (χ0v) is 21.9. The summed E-state index contributed by atoms with van der Waals surface area (Å²) in [5.41, 5.74) is -1.38. The molecule has 3 rings (SSSR count). The van der Waals surface area contributed by atoms with Gasteiger partial charge in [-0.1, -0.05) is 40.2 Å². The number of aromatic nitrogens is 1. The van der Waals surface area contributed by atoms with Crippen molar-refractivity contribution in [2.75, 3.05) is 0 Å². The molecule has 7 nitrogen and oxygen atoms in total. The van der Waals surface area contributed by atoms with E-state index in [9.17, 15) is 19.8 Å². The third kappa shape index (κ3) is 6.58. The number of rotatable bonds is 3. The minimum absolute atomic E-state index is 0.128. The van der Waals surface area contributed by atoms with Crippen molar-refractivity contribution in [3.63, 3.8) is 0 Å². The van der Waals surface area contributed by atoms with E-state index in [2.05, 4.69) is 4.98 Å². The molecule has 0 spiro atoms. The third-order valence-electron chi connectivity index (χ3n) is 7.95. The lowest BCUT2D eigenvalue weighted by Crippen LogP contribution is -2.46. The molecule has 7 atom stereocenters. The number of ketones is 1. The average Bonchev–Trinajstić information content (AvgIpc) is 3.47. The second kappa shape index (κ2) is 11.5.